The first-order chi connectivity index (χ1) is 1.91. The van der Waals surface area contributed by atoms with Crippen LogP contribution in [0.3, 0.4) is 0 Å². The molecular weight excluding hydrogens is 214 g/mol. The van der Waals surface area contributed by atoms with Crippen LogP contribution in [0.5, 0.6) is 0 Å². The average molecular weight is 214 g/mol. The van der Waals surface area contributed by atoms with Gasteiger partial charge in [-0.1, -0.05) is 0 Å². The van der Waals surface area contributed by atoms with Crippen LogP contribution in [0.2, 0.25) is 0 Å². The Bertz CT molecular complexity index is 8.85. The third-order valence-electron chi connectivity index (χ3n) is 0.0257. The monoisotopic (exact) mass is 214 g/mol. The number of hydrogen-bond donors (Lipinski definition) is 0. The molecule has 0 aliphatic heterocycles. The smallest absolute Gasteiger partial charge is 0.691 e. The van der Waals surface area contributed by atoms with E-state index in [1.807, 2.05) is 0 Å². The van der Waals surface area contributed by atoms with Crippen LogP contribution in [0.1, 0.15) is 0 Å². The minimum atomic E-state index is 0. The summed E-state index contributed by atoms with van der Waals surface area (Å²) in [7, 11) is 0. The first kappa shape index (κ1) is 10.3. The first-order valence-electron chi connectivity index (χ1n) is 0.488. The molecule has 0 saturated heterocycles. The van der Waals surface area contributed by atoms with E-state index in [1.54, 1.807) is 0 Å². The van der Waals surface area contributed by atoms with E-state index in [0.717, 1.165) is 0 Å². The third-order valence-corrected chi connectivity index (χ3v) is 0.173. The van der Waals surface area contributed by atoms with Crippen LogP contribution < -0.4 is 56.6 Å². The van der Waals surface area contributed by atoms with Gasteiger partial charge in [0.05, 0.1) is 0 Å². The van der Waals surface area contributed by atoms with Gasteiger partial charge in [-0.05, 0) is 0 Å². The molecule has 0 bridgehead atoms. The van der Waals surface area contributed by atoms with E-state index in [0.29, 0.717) is 0 Å². The van der Waals surface area contributed by atoms with Crippen molar-refractivity contribution in [1.82, 2.24) is 0 Å². The minimum Gasteiger partial charge on any atom is -0.691 e. The largest absolute Gasteiger partial charge is 1.00 e. The second-order valence-electron chi connectivity index (χ2n) is 0.131. The molecule has 0 aromatic rings. The summed E-state index contributed by atoms with van der Waals surface area (Å²) in [6, 6.07) is 0. The SMILES string of the molecule is [K+].[O-]OOI. The molecule has 5 heteroatoms. The van der Waals surface area contributed by atoms with Crippen molar-refractivity contribution < 1.29 is 64.9 Å². The maximum atomic E-state index is 8.57. The molecule has 5 heavy (non-hydrogen) atoms. The van der Waals surface area contributed by atoms with Crippen LogP contribution in [0.25, 0.3) is 0 Å². The van der Waals surface area contributed by atoms with Crippen molar-refractivity contribution in [3.63, 3.8) is 0 Å². The van der Waals surface area contributed by atoms with Gasteiger partial charge in [0.15, 0.2) is 23.0 Å². The zero-order valence-electron chi connectivity index (χ0n) is 2.60. The Kier molecular flexibility index (Phi) is 19.6. The van der Waals surface area contributed by atoms with Crippen LogP contribution in [0, 0.1) is 0 Å². The molecule has 0 aliphatic rings. The van der Waals surface area contributed by atoms with Gasteiger partial charge in [-0.2, -0.15) is 3.22 Å². The van der Waals surface area contributed by atoms with Crippen molar-refractivity contribution in [2.45, 2.75) is 0 Å². The Hall–Kier alpha value is 2.25. The molecule has 0 unspecified atom stereocenters. The summed E-state index contributed by atoms with van der Waals surface area (Å²) in [5.74, 6) is 0. The molecule has 0 fully saturated rings. The van der Waals surface area contributed by atoms with Crippen molar-refractivity contribution in [2.24, 2.45) is 0 Å². The fourth-order valence-corrected chi connectivity index (χ4v) is 0. The van der Waals surface area contributed by atoms with Gasteiger partial charge in [0, 0.05) is 0 Å². The molecule has 0 radical (unpaired) electrons. The molecule has 0 atom stereocenters. The van der Waals surface area contributed by atoms with Crippen LogP contribution in [0.4, 0.5) is 0 Å². The van der Waals surface area contributed by atoms with Gasteiger partial charge < -0.3 is 5.26 Å². The predicted molar refractivity (Wildman–Crippen MR) is 16.2 cm³/mol. The molecule has 26 valence electrons. The van der Waals surface area contributed by atoms with Crippen molar-refractivity contribution >= 4 is 23.0 Å². The van der Waals surface area contributed by atoms with E-state index in [1.165, 1.54) is 23.0 Å². The van der Waals surface area contributed by atoms with Gasteiger partial charge in [-0.25, -0.2) is 0 Å². The van der Waals surface area contributed by atoms with Crippen molar-refractivity contribution in [3.8, 4) is 0 Å². The molecule has 0 amide bonds. The summed E-state index contributed by atoms with van der Waals surface area (Å²) >= 11 is 1.32. The van der Waals surface area contributed by atoms with E-state index >= 15 is 0 Å². The molecule has 0 rings (SSSR count). The summed E-state index contributed by atoms with van der Waals surface area (Å²) in [4.78, 5) is 0. The van der Waals surface area contributed by atoms with Crippen LogP contribution in [-0.4, -0.2) is 0 Å². The van der Waals surface area contributed by atoms with E-state index in [4.69, 9.17) is 5.26 Å². The number of halogens is 1. The van der Waals surface area contributed by atoms with Gasteiger partial charge >= 0.3 is 51.4 Å². The summed E-state index contributed by atoms with van der Waals surface area (Å²) in [6.45, 7) is 0. The van der Waals surface area contributed by atoms with Crippen molar-refractivity contribution in [1.29, 1.82) is 0 Å². The topological polar surface area (TPSA) is 41.5 Å². The van der Waals surface area contributed by atoms with Crippen molar-refractivity contribution in [2.75, 3.05) is 0 Å². The van der Waals surface area contributed by atoms with Crippen LogP contribution in [0.15, 0.2) is 0 Å². The molecule has 0 aliphatic carbocycles. The van der Waals surface area contributed by atoms with E-state index in [-0.39, 0.29) is 51.4 Å². The first-order valence-corrected chi connectivity index (χ1v) is 1.37. The van der Waals surface area contributed by atoms with E-state index in [2.05, 4.69) is 8.26 Å². The minimum absolute atomic E-state index is 0. The Labute approximate surface area is 86.0 Å². The van der Waals surface area contributed by atoms with E-state index in [9.17, 15) is 0 Å². The summed E-state index contributed by atoms with van der Waals surface area (Å²) in [5.41, 5.74) is 0. The fraction of sp³-hybridized carbons (Fsp3) is 0. The van der Waals surface area contributed by atoms with Crippen LogP contribution >= 0.6 is 23.0 Å². The molecule has 0 N–H and O–H groups in total. The molecule has 0 aromatic carbocycles. The van der Waals surface area contributed by atoms with Gasteiger partial charge in [-0.15, -0.1) is 0 Å². The Balaban J connectivity index is 0. The second-order valence-corrected chi connectivity index (χ2v) is 0.491. The standard InChI is InChI=1S/HIO3.K/c1-3-4-2;/h2H;/q;+1/p-1. The summed E-state index contributed by atoms with van der Waals surface area (Å²) in [6.07, 6.45) is 0. The fourth-order valence-electron chi connectivity index (χ4n) is 0. The zero-order chi connectivity index (χ0) is 3.41. The molecule has 0 saturated carbocycles. The predicted octanol–water partition coefficient (Wildman–Crippen LogP) is -3.44. The molecule has 0 aromatic heterocycles. The van der Waals surface area contributed by atoms with Crippen molar-refractivity contribution in [3.05, 3.63) is 0 Å². The van der Waals surface area contributed by atoms with Crippen LogP contribution in [-0.2, 0) is 8.26 Å². The molecule has 0 heterocycles. The van der Waals surface area contributed by atoms with E-state index < -0.39 is 0 Å². The zero-order valence-corrected chi connectivity index (χ0v) is 7.88. The molecule has 0 spiro atoms. The van der Waals surface area contributed by atoms with Gasteiger partial charge in [-0.3, -0.25) is 5.04 Å². The number of rotatable bonds is 1. The summed E-state index contributed by atoms with van der Waals surface area (Å²) in [5, 5.41) is 11.3. The molecular formula is IKO3. The van der Waals surface area contributed by atoms with Gasteiger partial charge in [0.25, 0.3) is 0 Å². The maximum Gasteiger partial charge on any atom is 1.00 e. The second kappa shape index (κ2) is 9.53. The Morgan fingerprint density at radius 3 is 1.80 bits per heavy atom. The average Bonchev–Trinajstić information content (AvgIpc) is 1.37. The number of hydrogen-bond acceptors (Lipinski definition) is 3. The quantitative estimate of drug-likeness (QED) is 0.197. The Morgan fingerprint density at radius 2 is 1.80 bits per heavy atom. The summed E-state index contributed by atoms with van der Waals surface area (Å²) < 4.78 is 3.46. The Morgan fingerprint density at radius 1 is 1.60 bits per heavy atom. The van der Waals surface area contributed by atoms with Gasteiger partial charge in [0.2, 0.25) is 0 Å². The molecule has 3 nitrogen and oxygen atoms in total. The third kappa shape index (κ3) is 10.7. The normalized spacial score (nSPS) is 6.00. The van der Waals surface area contributed by atoms with Gasteiger partial charge in [0.1, 0.15) is 0 Å². The maximum absolute atomic E-state index is 8.57.